The molecule has 4 aliphatic rings. The maximum atomic E-state index is 2.72. The molecule has 0 N–H and O–H groups in total. The van der Waals surface area contributed by atoms with Crippen molar-refractivity contribution < 1.29 is 0 Å². The van der Waals surface area contributed by atoms with Crippen molar-refractivity contribution in [2.45, 2.75) is 125 Å². The topological polar surface area (TPSA) is 0 Å². The lowest BCUT2D eigenvalue weighted by Gasteiger charge is -2.44. The van der Waals surface area contributed by atoms with Crippen LogP contribution < -0.4 is 0 Å². The molecule has 0 aliphatic heterocycles. The Bertz CT molecular complexity index is 1420. The summed E-state index contributed by atoms with van der Waals surface area (Å²) in [5.41, 5.74) is 14.8. The molecule has 42 heavy (non-hydrogen) atoms. The van der Waals surface area contributed by atoms with Crippen LogP contribution in [0.5, 0.6) is 0 Å². The Balaban J connectivity index is 1.60. The second-order valence-corrected chi connectivity index (χ2v) is 17.6. The molecule has 3 unspecified atom stereocenters. The summed E-state index contributed by atoms with van der Waals surface area (Å²) in [7, 11) is 0. The van der Waals surface area contributed by atoms with Crippen molar-refractivity contribution in [3.8, 4) is 11.1 Å². The molecule has 6 rings (SSSR count). The van der Waals surface area contributed by atoms with Gasteiger partial charge in [0.05, 0.1) is 0 Å². The number of fused-ring (bicyclic) bond motifs is 3. The van der Waals surface area contributed by atoms with Crippen LogP contribution in [0, 0.1) is 28.6 Å². The predicted octanol–water partition coefficient (Wildman–Crippen LogP) is 12.1. The quantitative estimate of drug-likeness (QED) is 0.327. The minimum absolute atomic E-state index is 0.112. The van der Waals surface area contributed by atoms with Gasteiger partial charge in [-0.25, -0.2) is 0 Å². The SMILES string of the molecule is CC(C)C1(C2c3ccc(C(C)(C)C)cc3-c3cc(C(C)(C)C)ccc32)CC(C2CC=CCC2)C2=C1C=C(C(C)(C)C)C2. The van der Waals surface area contributed by atoms with Gasteiger partial charge in [-0.1, -0.05) is 142 Å². The van der Waals surface area contributed by atoms with Crippen molar-refractivity contribution in [3.05, 3.63) is 93.6 Å². The van der Waals surface area contributed by atoms with E-state index in [-0.39, 0.29) is 21.7 Å². The largest absolute Gasteiger partial charge is 0.0885 e. The molecule has 0 saturated carbocycles. The zero-order chi connectivity index (χ0) is 30.4. The van der Waals surface area contributed by atoms with Crippen LogP contribution in [-0.2, 0) is 10.8 Å². The van der Waals surface area contributed by atoms with E-state index in [4.69, 9.17) is 0 Å². The molecule has 0 heterocycles. The van der Waals surface area contributed by atoms with Crippen LogP contribution in [0.25, 0.3) is 11.1 Å². The van der Waals surface area contributed by atoms with E-state index in [1.165, 1.54) is 54.4 Å². The summed E-state index contributed by atoms with van der Waals surface area (Å²) in [4.78, 5) is 0. The second kappa shape index (κ2) is 9.84. The molecule has 2 aromatic rings. The number of hydrogen-bond acceptors (Lipinski definition) is 0. The molecular formula is C42H56. The van der Waals surface area contributed by atoms with E-state index < -0.39 is 0 Å². The maximum Gasteiger partial charge on any atom is 0.0201 e. The second-order valence-electron chi connectivity index (χ2n) is 17.6. The third-order valence-corrected chi connectivity index (χ3v) is 11.7. The molecule has 0 aromatic heterocycles. The van der Waals surface area contributed by atoms with Crippen LogP contribution in [-0.4, -0.2) is 0 Å². The van der Waals surface area contributed by atoms with Gasteiger partial charge in [0.15, 0.2) is 0 Å². The van der Waals surface area contributed by atoms with Crippen LogP contribution in [0.15, 0.2) is 71.3 Å². The highest BCUT2D eigenvalue weighted by Gasteiger charge is 2.57. The molecule has 0 amide bonds. The first-order chi connectivity index (χ1) is 19.5. The van der Waals surface area contributed by atoms with Gasteiger partial charge in [0.25, 0.3) is 0 Å². The highest BCUT2D eigenvalue weighted by Crippen LogP contribution is 2.69. The minimum atomic E-state index is 0.112. The summed E-state index contributed by atoms with van der Waals surface area (Å²) in [5, 5.41) is 0. The van der Waals surface area contributed by atoms with Crippen LogP contribution in [0.3, 0.4) is 0 Å². The number of rotatable bonds is 3. The van der Waals surface area contributed by atoms with Gasteiger partial charge in [0, 0.05) is 11.3 Å². The summed E-state index contributed by atoms with van der Waals surface area (Å²) in [6.07, 6.45) is 14.0. The van der Waals surface area contributed by atoms with Crippen molar-refractivity contribution in [2.24, 2.45) is 28.6 Å². The smallest absolute Gasteiger partial charge is 0.0201 e. The van der Waals surface area contributed by atoms with Crippen LogP contribution in [0.1, 0.15) is 136 Å². The molecule has 4 aliphatic carbocycles. The molecule has 0 nitrogen and oxygen atoms in total. The Morgan fingerprint density at radius 3 is 1.76 bits per heavy atom. The lowest BCUT2D eigenvalue weighted by atomic mass is 9.59. The van der Waals surface area contributed by atoms with E-state index in [1.807, 2.05) is 0 Å². The van der Waals surface area contributed by atoms with E-state index in [0.29, 0.717) is 17.8 Å². The fraction of sp³-hybridized carbons (Fsp3) is 0.571. The van der Waals surface area contributed by atoms with Gasteiger partial charge >= 0.3 is 0 Å². The summed E-state index contributed by atoms with van der Waals surface area (Å²) in [6, 6.07) is 15.1. The molecule has 224 valence electrons. The minimum Gasteiger partial charge on any atom is -0.0885 e. The fourth-order valence-corrected chi connectivity index (χ4v) is 8.99. The van der Waals surface area contributed by atoms with Gasteiger partial charge in [-0.15, -0.1) is 0 Å². The molecule has 0 bridgehead atoms. The summed E-state index contributed by atoms with van der Waals surface area (Å²) < 4.78 is 0. The number of allylic oxidation sites excluding steroid dienone is 6. The van der Waals surface area contributed by atoms with E-state index in [2.05, 4.69) is 131 Å². The van der Waals surface area contributed by atoms with E-state index >= 15 is 0 Å². The first-order valence-electron chi connectivity index (χ1n) is 16.9. The van der Waals surface area contributed by atoms with Crippen LogP contribution in [0.2, 0.25) is 0 Å². The van der Waals surface area contributed by atoms with Gasteiger partial charge in [0.2, 0.25) is 0 Å². The van der Waals surface area contributed by atoms with Crippen LogP contribution in [0.4, 0.5) is 0 Å². The molecule has 0 radical (unpaired) electrons. The van der Waals surface area contributed by atoms with Crippen molar-refractivity contribution in [1.82, 2.24) is 0 Å². The average Bonchev–Trinajstić information content (AvgIpc) is 3.57. The zero-order valence-corrected chi connectivity index (χ0v) is 28.5. The Morgan fingerprint density at radius 1 is 0.738 bits per heavy atom. The maximum absolute atomic E-state index is 2.72. The molecule has 3 atom stereocenters. The number of hydrogen-bond donors (Lipinski definition) is 0. The van der Waals surface area contributed by atoms with Gasteiger partial charge in [0.1, 0.15) is 0 Å². The fourth-order valence-electron chi connectivity index (χ4n) is 8.99. The normalized spacial score (nSPS) is 26.1. The molecule has 0 heteroatoms. The highest BCUT2D eigenvalue weighted by molar-refractivity contribution is 5.81. The Morgan fingerprint density at radius 2 is 1.31 bits per heavy atom. The predicted molar refractivity (Wildman–Crippen MR) is 182 cm³/mol. The number of benzene rings is 2. The summed E-state index contributed by atoms with van der Waals surface area (Å²) in [6.45, 7) is 26.5. The molecule has 0 saturated heterocycles. The first kappa shape index (κ1) is 29.7. The van der Waals surface area contributed by atoms with Crippen molar-refractivity contribution in [2.75, 3.05) is 0 Å². The lowest BCUT2D eigenvalue weighted by molar-refractivity contribution is 0.173. The molecule has 0 fully saturated rings. The Labute approximate surface area is 257 Å². The summed E-state index contributed by atoms with van der Waals surface area (Å²) >= 11 is 0. The van der Waals surface area contributed by atoms with E-state index in [0.717, 1.165) is 5.92 Å². The summed E-state index contributed by atoms with van der Waals surface area (Å²) in [5.74, 6) is 2.42. The third kappa shape index (κ3) is 4.62. The monoisotopic (exact) mass is 560 g/mol. The third-order valence-electron chi connectivity index (χ3n) is 11.7. The zero-order valence-electron chi connectivity index (χ0n) is 28.5. The Hall–Kier alpha value is -2.34. The van der Waals surface area contributed by atoms with Crippen LogP contribution >= 0.6 is 0 Å². The molecular weight excluding hydrogens is 504 g/mol. The standard InChI is InChI=1S/C42H56/c1-26(2)42(25-36(27-15-13-12-14-16-27)35-23-30(24-37(35)42)41(9,10)11)38-31-19-17-28(39(3,4)5)21-33(31)34-22-29(40(6,7)8)18-20-32(34)38/h12-13,17-22,24,26-27,36,38H,14-16,23,25H2,1-11H3. The Kier molecular flexibility index (Phi) is 6.96. The first-order valence-corrected chi connectivity index (χ1v) is 16.9. The van der Waals surface area contributed by atoms with Gasteiger partial charge in [-0.3, -0.25) is 0 Å². The van der Waals surface area contributed by atoms with E-state index in [1.54, 1.807) is 27.8 Å². The van der Waals surface area contributed by atoms with Crippen molar-refractivity contribution >= 4 is 0 Å². The van der Waals surface area contributed by atoms with E-state index in [9.17, 15) is 0 Å². The van der Waals surface area contributed by atoms with Crippen molar-refractivity contribution in [1.29, 1.82) is 0 Å². The lowest BCUT2D eigenvalue weighted by Crippen LogP contribution is -2.35. The highest BCUT2D eigenvalue weighted by atomic mass is 14.6. The van der Waals surface area contributed by atoms with Gasteiger partial charge < -0.3 is 0 Å². The average molecular weight is 561 g/mol. The molecule has 2 aromatic carbocycles. The molecule has 0 spiro atoms. The van der Waals surface area contributed by atoms with Gasteiger partial charge in [-0.05, 0) is 105 Å². The van der Waals surface area contributed by atoms with Crippen molar-refractivity contribution in [3.63, 3.8) is 0 Å². The van der Waals surface area contributed by atoms with Gasteiger partial charge in [-0.2, -0.15) is 0 Å².